The summed E-state index contributed by atoms with van der Waals surface area (Å²) < 4.78 is 0. The highest BCUT2D eigenvalue weighted by Crippen LogP contribution is 2.32. The fraction of sp³-hybridized carbons (Fsp3) is 0.412. The zero-order valence-corrected chi connectivity index (χ0v) is 10.9. The van der Waals surface area contributed by atoms with Crippen LogP contribution in [0.3, 0.4) is 0 Å². The topological polar surface area (TPSA) is 12.0 Å². The highest BCUT2D eigenvalue weighted by molar-refractivity contribution is 5.71. The molecule has 1 fully saturated rings. The number of hydrogen-bond donors (Lipinski definition) is 1. The van der Waals surface area contributed by atoms with Gasteiger partial charge in [0.05, 0.1) is 0 Å². The molecule has 1 aromatic rings. The fourth-order valence-electron chi connectivity index (χ4n) is 3.04. The molecule has 1 nitrogen and oxygen atoms in total. The number of hydrogen-bond acceptors (Lipinski definition) is 1. The summed E-state index contributed by atoms with van der Waals surface area (Å²) >= 11 is 0. The Hall–Kier alpha value is -1.50. The van der Waals surface area contributed by atoms with Gasteiger partial charge >= 0.3 is 0 Å². The molecule has 1 aliphatic carbocycles. The maximum absolute atomic E-state index is 3.66. The maximum atomic E-state index is 3.66. The normalized spacial score (nSPS) is 20.3. The van der Waals surface area contributed by atoms with Crippen LogP contribution < -0.4 is 5.32 Å². The van der Waals surface area contributed by atoms with Gasteiger partial charge in [0.2, 0.25) is 0 Å². The zero-order valence-electron chi connectivity index (χ0n) is 10.9. The van der Waals surface area contributed by atoms with E-state index < -0.39 is 0 Å². The number of fused-ring (bicyclic) bond motifs is 1. The molecule has 1 saturated carbocycles. The SMILES string of the molecule is C1=Cc2ccccc2NC(C2CCCCCC2)=C1. The lowest BCUT2D eigenvalue weighted by Crippen LogP contribution is -2.11. The van der Waals surface area contributed by atoms with E-state index in [-0.39, 0.29) is 0 Å². The zero-order chi connectivity index (χ0) is 12.2. The van der Waals surface area contributed by atoms with E-state index in [4.69, 9.17) is 0 Å². The third kappa shape index (κ3) is 2.50. The predicted molar refractivity (Wildman–Crippen MR) is 78.4 cm³/mol. The Kier molecular flexibility index (Phi) is 3.49. The standard InChI is InChI=1S/C17H21N/c1-2-4-9-14(8-3-1)17-13-7-11-15-10-5-6-12-16(15)18-17/h5-7,10-14,18H,1-4,8-9H2. The Labute approximate surface area is 110 Å². The molecule has 18 heavy (non-hydrogen) atoms. The van der Waals surface area contributed by atoms with E-state index in [2.05, 4.69) is 47.8 Å². The monoisotopic (exact) mass is 239 g/mol. The minimum Gasteiger partial charge on any atom is -0.358 e. The highest BCUT2D eigenvalue weighted by Gasteiger charge is 2.17. The lowest BCUT2D eigenvalue weighted by Gasteiger charge is -2.20. The number of rotatable bonds is 1. The minimum absolute atomic E-state index is 0.725. The number of anilines is 1. The van der Waals surface area contributed by atoms with E-state index in [1.54, 1.807) is 0 Å². The molecule has 1 aliphatic heterocycles. The van der Waals surface area contributed by atoms with Crippen LogP contribution in [0.2, 0.25) is 0 Å². The maximum Gasteiger partial charge on any atom is 0.0455 e. The first-order chi connectivity index (χ1) is 8.93. The van der Waals surface area contributed by atoms with Crippen molar-refractivity contribution in [3.8, 4) is 0 Å². The summed E-state index contributed by atoms with van der Waals surface area (Å²) in [6.07, 6.45) is 14.9. The van der Waals surface area contributed by atoms with Crippen molar-refractivity contribution in [1.29, 1.82) is 0 Å². The van der Waals surface area contributed by atoms with E-state index in [1.165, 1.54) is 55.5 Å². The second kappa shape index (κ2) is 5.43. The molecular formula is C17H21N. The van der Waals surface area contributed by atoms with Crippen LogP contribution in [0.25, 0.3) is 6.08 Å². The van der Waals surface area contributed by atoms with E-state index in [9.17, 15) is 0 Å². The second-order valence-electron chi connectivity index (χ2n) is 5.38. The van der Waals surface area contributed by atoms with Gasteiger partial charge in [-0.25, -0.2) is 0 Å². The largest absolute Gasteiger partial charge is 0.358 e. The molecule has 0 unspecified atom stereocenters. The summed E-state index contributed by atoms with van der Waals surface area (Å²) in [6.45, 7) is 0. The summed E-state index contributed by atoms with van der Waals surface area (Å²) in [5, 5.41) is 3.66. The molecular weight excluding hydrogens is 218 g/mol. The number of nitrogens with one attached hydrogen (secondary N) is 1. The van der Waals surface area contributed by atoms with Gasteiger partial charge in [0.1, 0.15) is 0 Å². The number of para-hydroxylation sites is 1. The lowest BCUT2D eigenvalue weighted by molar-refractivity contribution is 0.533. The van der Waals surface area contributed by atoms with Crippen molar-refractivity contribution in [2.75, 3.05) is 5.32 Å². The van der Waals surface area contributed by atoms with E-state index >= 15 is 0 Å². The Morgan fingerprint density at radius 3 is 2.56 bits per heavy atom. The molecule has 0 bridgehead atoms. The Morgan fingerprint density at radius 1 is 0.944 bits per heavy atom. The van der Waals surface area contributed by atoms with Gasteiger partial charge in [0, 0.05) is 11.4 Å². The van der Waals surface area contributed by atoms with Gasteiger partial charge in [-0.2, -0.15) is 0 Å². The van der Waals surface area contributed by atoms with Crippen LogP contribution >= 0.6 is 0 Å². The van der Waals surface area contributed by atoms with Crippen LogP contribution in [-0.2, 0) is 0 Å². The van der Waals surface area contributed by atoms with Gasteiger partial charge < -0.3 is 5.32 Å². The van der Waals surface area contributed by atoms with Crippen molar-refractivity contribution in [3.05, 3.63) is 47.7 Å². The first-order valence-electron chi connectivity index (χ1n) is 7.18. The molecule has 1 heteroatoms. The molecule has 0 amide bonds. The van der Waals surface area contributed by atoms with E-state index in [0.29, 0.717) is 0 Å². The summed E-state index contributed by atoms with van der Waals surface area (Å²) in [7, 11) is 0. The first-order valence-corrected chi connectivity index (χ1v) is 7.18. The van der Waals surface area contributed by atoms with Gasteiger partial charge in [-0.1, -0.05) is 56.0 Å². The molecule has 94 valence electrons. The van der Waals surface area contributed by atoms with Gasteiger partial charge in [-0.15, -0.1) is 0 Å². The molecule has 0 aromatic heterocycles. The van der Waals surface area contributed by atoms with Crippen molar-refractivity contribution >= 4 is 11.8 Å². The van der Waals surface area contributed by atoms with Crippen LogP contribution in [-0.4, -0.2) is 0 Å². The summed E-state index contributed by atoms with van der Waals surface area (Å²) in [5.41, 5.74) is 3.96. The summed E-state index contributed by atoms with van der Waals surface area (Å²) in [4.78, 5) is 0. The smallest absolute Gasteiger partial charge is 0.0455 e. The minimum atomic E-state index is 0.725. The Morgan fingerprint density at radius 2 is 1.72 bits per heavy atom. The molecule has 2 aliphatic rings. The molecule has 1 heterocycles. The molecule has 0 atom stereocenters. The summed E-state index contributed by atoms with van der Waals surface area (Å²) in [5.74, 6) is 0.725. The van der Waals surface area contributed by atoms with Crippen molar-refractivity contribution in [2.45, 2.75) is 38.5 Å². The third-order valence-electron chi connectivity index (χ3n) is 4.09. The Bertz CT molecular complexity index is 462. The van der Waals surface area contributed by atoms with Crippen LogP contribution in [0.1, 0.15) is 44.1 Å². The molecule has 1 N–H and O–H groups in total. The molecule has 1 aromatic carbocycles. The molecule has 0 saturated heterocycles. The van der Waals surface area contributed by atoms with Crippen molar-refractivity contribution in [2.24, 2.45) is 5.92 Å². The fourth-order valence-corrected chi connectivity index (χ4v) is 3.04. The molecule has 3 rings (SSSR count). The molecule has 0 spiro atoms. The highest BCUT2D eigenvalue weighted by atomic mass is 14.9. The van der Waals surface area contributed by atoms with Crippen LogP contribution in [0, 0.1) is 5.92 Å². The van der Waals surface area contributed by atoms with Crippen molar-refractivity contribution in [3.63, 3.8) is 0 Å². The second-order valence-corrected chi connectivity index (χ2v) is 5.38. The first kappa shape index (κ1) is 11.6. The van der Waals surface area contributed by atoms with E-state index in [1.807, 2.05) is 0 Å². The van der Waals surface area contributed by atoms with Gasteiger partial charge in [0.15, 0.2) is 0 Å². The lowest BCUT2D eigenvalue weighted by atomic mass is 9.96. The van der Waals surface area contributed by atoms with Crippen LogP contribution in [0.4, 0.5) is 5.69 Å². The average Bonchev–Trinajstić information content (AvgIpc) is 2.79. The average molecular weight is 239 g/mol. The molecule has 0 radical (unpaired) electrons. The Balaban J connectivity index is 1.82. The van der Waals surface area contributed by atoms with Crippen molar-refractivity contribution in [1.82, 2.24) is 0 Å². The number of benzene rings is 1. The van der Waals surface area contributed by atoms with Gasteiger partial charge in [0.25, 0.3) is 0 Å². The third-order valence-corrected chi connectivity index (χ3v) is 4.09. The van der Waals surface area contributed by atoms with Crippen molar-refractivity contribution < 1.29 is 0 Å². The van der Waals surface area contributed by atoms with Crippen LogP contribution in [0.5, 0.6) is 0 Å². The van der Waals surface area contributed by atoms with Crippen LogP contribution in [0.15, 0.2) is 42.1 Å². The number of allylic oxidation sites excluding steroid dienone is 3. The quantitative estimate of drug-likeness (QED) is 0.681. The van der Waals surface area contributed by atoms with Gasteiger partial charge in [-0.05, 0) is 36.5 Å². The summed E-state index contributed by atoms with van der Waals surface area (Å²) in [6, 6.07) is 8.55. The van der Waals surface area contributed by atoms with Gasteiger partial charge in [-0.3, -0.25) is 0 Å². The predicted octanol–water partition coefficient (Wildman–Crippen LogP) is 4.98. The van der Waals surface area contributed by atoms with E-state index in [0.717, 1.165) is 5.92 Å².